The second-order valence-corrected chi connectivity index (χ2v) is 6.69. The first-order valence-corrected chi connectivity index (χ1v) is 8.71. The lowest BCUT2D eigenvalue weighted by Crippen LogP contribution is -2.26. The van der Waals surface area contributed by atoms with E-state index in [9.17, 15) is 9.59 Å². The van der Waals surface area contributed by atoms with E-state index in [1.807, 2.05) is 24.3 Å². The van der Waals surface area contributed by atoms with E-state index < -0.39 is 11.9 Å². The standard InChI is InChI=1S/C18H13BrClN3O3/c1-11(24)26-22-18(25)16-10-17(12-2-4-13(19)5-3-12)23(21-16)15-8-6-14(20)7-9-15/h2-10H,1H3,(H,22,25). The Bertz CT molecular complexity index is 890. The summed E-state index contributed by atoms with van der Waals surface area (Å²) in [5.74, 6) is -1.24. The zero-order valence-corrected chi connectivity index (χ0v) is 15.9. The number of benzene rings is 2. The molecule has 1 heterocycles. The van der Waals surface area contributed by atoms with Gasteiger partial charge in [-0.2, -0.15) is 10.6 Å². The van der Waals surface area contributed by atoms with Crippen LogP contribution in [0.3, 0.4) is 0 Å². The number of rotatable bonds is 3. The van der Waals surface area contributed by atoms with Crippen LogP contribution in [-0.4, -0.2) is 21.7 Å². The van der Waals surface area contributed by atoms with Gasteiger partial charge in [0.15, 0.2) is 5.69 Å². The van der Waals surface area contributed by atoms with Crippen LogP contribution in [0, 0.1) is 0 Å². The molecule has 0 bridgehead atoms. The number of halogens is 2. The summed E-state index contributed by atoms with van der Waals surface area (Å²) in [6.45, 7) is 1.19. The van der Waals surface area contributed by atoms with Crippen molar-refractivity contribution in [1.29, 1.82) is 0 Å². The molecule has 3 aromatic rings. The maximum absolute atomic E-state index is 12.2. The summed E-state index contributed by atoms with van der Waals surface area (Å²) >= 11 is 9.35. The van der Waals surface area contributed by atoms with Crippen LogP contribution in [0.5, 0.6) is 0 Å². The Morgan fingerprint density at radius 2 is 1.77 bits per heavy atom. The van der Waals surface area contributed by atoms with Crippen LogP contribution in [0.15, 0.2) is 59.1 Å². The van der Waals surface area contributed by atoms with Crippen LogP contribution in [0.25, 0.3) is 16.9 Å². The van der Waals surface area contributed by atoms with Crippen LogP contribution in [-0.2, 0) is 9.63 Å². The molecule has 0 atom stereocenters. The van der Waals surface area contributed by atoms with Gasteiger partial charge in [-0.25, -0.2) is 4.68 Å². The summed E-state index contributed by atoms with van der Waals surface area (Å²) in [6, 6.07) is 16.3. The molecule has 0 saturated carbocycles. The molecule has 8 heteroatoms. The molecule has 0 saturated heterocycles. The van der Waals surface area contributed by atoms with Gasteiger partial charge in [-0.05, 0) is 42.5 Å². The smallest absolute Gasteiger partial charge is 0.329 e. The number of carbonyl (C=O) groups excluding carboxylic acids is 2. The van der Waals surface area contributed by atoms with Gasteiger partial charge < -0.3 is 4.84 Å². The SMILES string of the molecule is CC(=O)ONC(=O)c1cc(-c2ccc(Br)cc2)n(-c2ccc(Cl)cc2)n1. The lowest BCUT2D eigenvalue weighted by molar-refractivity contribution is -0.146. The van der Waals surface area contributed by atoms with E-state index in [0.717, 1.165) is 15.7 Å². The van der Waals surface area contributed by atoms with Crippen LogP contribution in [0.2, 0.25) is 5.02 Å². The van der Waals surface area contributed by atoms with Gasteiger partial charge in [0.05, 0.1) is 11.4 Å². The van der Waals surface area contributed by atoms with Crippen LogP contribution in [0.4, 0.5) is 0 Å². The Labute approximate surface area is 162 Å². The van der Waals surface area contributed by atoms with Crippen molar-refractivity contribution >= 4 is 39.4 Å². The largest absolute Gasteiger partial charge is 0.341 e. The van der Waals surface area contributed by atoms with E-state index in [-0.39, 0.29) is 5.69 Å². The van der Waals surface area contributed by atoms with Crippen LogP contribution in [0.1, 0.15) is 17.4 Å². The van der Waals surface area contributed by atoms with Gasteiger partial charge in [-0.3, -0.25) is 9.59 Å². The summed E-state index contributed by atoms with van der Waals surface area (Å²) in [7, 11) is 0. The molecule has 6 nitrogen and oxygen atoms in total. The molecule has 1 amide bonds. The molecule has 0 unspecified atom stereocenters. The van der Waals surface area contributed by atoms with Crippen molar-refractivity contribution in [2.45, 2.75) is 6.92 Å². The average molecular weight is 435 g/mol. The number of carbonyl (C=O) groups is 2. The maximum atomic E-state index is 12.2. The quantitative estimate of drug-likeness (QED) is 0.628. The van der Waals surface area contributed by atoms with Gasteiger partial charge in [0, 0.05) is 22.0 Å². The summed E-state index contributed by atoms with van der Waals surface area (Å²) in [4.78, 5) is 27.6. The molecule has 2 aromatic carbocycles. The van der Waals surface area contributed by atoms with Crippen molar-refractivity contribution in [2.75, 3.05) is 0 Å². The molecule has 0 aliphatic carbocycles. The molecule has 132 valence electrons. The highest BCUT2D eigenvalue weighted by atomic mass is 79.9. The molecule has 0 fully saturated rings. The summed E-state index contributed by atoms with van der Waals surface area (Å²) < 4.78 is 2.56. The number of hydrogen-bond donors (Lipinski definition) is 1. The topological polar surface area (TPSA) is 73.2 Å². The fourth-order valence-corrected chi connectivity index (χ4v) is 2.66. The highest BCUT2D eigenvalue weighted by Gasteiger charge is 2.17. The van der Waals surface area contributed by atoms with Crippen molar-refractivity contribution < 1.29 is 14.4 Å². The first-order chi connectivity index (χ1) is 12.4. The Hall–Kier alpha value is -2.64. The molecular formula is C18H13BrClN3O3. The molecule has 0 aliphatic heterocycles. The minimum atomic E-state index is -0.622. The fourth-order valence-electron chi connectivity index (χ4n) is 2.27. The van der Waals surface area contributed by atoms with Crippen LogP contribution >= 0.6 is 27.5 Å². The predicted molar refractivity (Wildman–Crippen MR) is 101 cm³/mol. The van der Waals surface area contributed by atoms with Gasteiger partial charge in [-0.15, -0.1) is 0 Å². The van der Waals surface area contributed by atoms with Gasteiger partial charge in [0.25, 0.3) is 0 Å². The highest BCUT2D eigenvalue weighted by molar-refractivity contribution is 9.10. The molecule has 0 spiro atoms. The minimum absolute atomic E-state index is 0.110. The van der Waals surface area contributed by atoms with Gasteiger partial charge >= 0.3 is 11.9 Å². The number of hydrogen-bond acceptors (Lipinski definition) is 4. The van der Waals surface area contributed by atoms with E-state index in [4.69, 9.17) is 11.6 Å². The zero-order valence-electron chi connectivity index (χ0n) is 13.6. The number of nitrogens with zero attached hydrogens (tertiary/aromatic N) is 2. The van der Waals surface area contributed by atoms with E-state index in [0.29, 0.717) is 10.7 Å². The third-order valence-electron chi connectivity index (χ3n) is 3.44. The Morgan fingerprint density at radius 3 is 2.38 bits per heavy atom. The number of hydroxylamine groups is 1. The monoisotopic (exact) mass is 433 g/mol. The third kappa shape index (κ3) is 4.12. The Balaban J connectivity index is 2.05. The van der Waals surface area contributed by atoms with Gasteiger partial charge in [0.2, 0.25) is 0 Å². The van der Waals surface area contributed by atoms with Gasteiger partial charge in [-0.1, -0.05) is 39.7 Å². The highest BCUT2D eigenvalue weighted by Crippen LogP contribution is 2.26. The summed E-state index contributed by atoms with van der Waals surface area (Å²) in [5.41, 5.74) is 4.48. The number of nitrogens with one attached hydrogen (secondary N) is 1. The van der Waals surface area contributed by atoms with Crippen molar-refractivity contribution in [3.8, 4) is 16.9 Å². The lowest BCUT2D eigenvalue weighted by atomic mass is 10.1. The fraction of sp³-hybridized carbons (Fsp3) is 0.0556. The van der Waals surface area contributed by atoms with E-state index in [1.54, 1.807) is 35.0 Å². The lowest BCUT2D eigenvalue weighted by Gasteiger charge is -2.08. The van der Waals surface area contributed by atoms with Crippen molar-refractivity contribution in [3.63, 3.8) is 0 Å². The second kappa shape index (κ2) is 7.72. The minimum Gasteiger partial charge on any atom is -0.341 e. The van der Waals surface area contributed by atoms with Crippen LogP contribution < -0.4 is 5.48 Å². The molecule has 1 N–H and O–H groups in total. The third-order valence-corrected chi connectivity index (χ3v) is 4.22. The van der Waals surface area contributed by atoms with E-state index >= 15 is 0 Å². The summed E-state index contributed by atoms with van der Waals surface area (Å²) in [5, 5.41) is 4.94. The maximum Gasteiger partial charge on any atom is 0.329 e. The van der Waals surface area contributed by atoms with Crippen molar-refractivity contribution in [1.82, 2.24) is 15.3 Å². The normalized spacial score (nSPS) is 10.4. The van der Waals surface area contributed by atoms with E-state index in [1.165, 1.54) is 6.92 Å². The Kier molecular flexibility index (Phi) is 5.39. The molecule has 0 aliphatic rings. The summed E-state index contributed by atoms with van der Waals surface area (Å²) in [6.07, 6.45) is 0. The average Bonchev–Trinajstić information content (AvgIpc) is 3.06. The molecule has 3 rings (SSSR count). The number of aromatic nitrogens is 2. The predicted octanol–water partition coefficient (Wildman–Crippen LogP) is 4.16. The molecular weight excluding hydrogens is 422 g/mol. The number of amides is 1. The first-order valence-electron chi connectivity index (χ1n) is 7.54. The van der Waals surface area contributed by atoms with Crippen molar-refractivity contribution in [2.24, 2.45) is 0 Å². The zero-order chi connectivity index (χ0) is 18.7. The van der Waals surface area contributed by atoms with Gasteiger partial charge in [0.1, 0.15) is 0 Å². The molecule has 1 aromatic heterocycles. The molecule has 26 heavy (non-hydrogen) atoms. The van der Waals surface area contributed by atoms with Crippen molar-refractivity contribution in [3.05, 3.63) is 69.8 Å². The Morgan fingerprint density at radius 1 is 1.12 bits per heavy atom. The molecule has 0 radical (unpaired) electrons. The van der Waals surface area contributed by atoms with E-state index in [2.05, 4.69) is 31.3 Å². The first kappa shape index (κ1) is 18.2. The second-order valence-electron chi connectivity index (χ2n) is 5.33.